The van der Waals surface area contributed by atoms with Gasteiger partial charge in [-0.2, -0.15) is 0 Å². The standard InChI is InChI=1S/C16H16INO/c1-12(11-13-5-3-2-4-6-13)18-16(19)14-7-9-15(17)10-8-14/h2-10,12H,11H2,1H3,(H,18,19)/t12-/m1/s1. The molecule has 2 aromatic rings. The van der Waals surface area contributed by atoms with Gasteiger partial charge >= 0.3 is 0 Å². The van der Waals surface area contributed by atoms with E-state index in [2.05, 4.69) is 40.0 Å². The van der Waals surface area contributed by atoms with Gasteiger partial charge in [-0.05, 0) is 65.8 Å². The lowest BCUT2D eigenvalue weighted by molar-refractivity contribution is 0.0940. The summed E-state index contributed by atoms with van der Waals surface area (Å²) in [5, 5.41) is 3.02. The summed E-state index contributed by atoms with van der Waals surface area (Å²) in [6, 6.07) is 17.9. The lowest BCUT2D eigenvalue weighted by Crippen LogP contribution is -2.34. The molecule has 0 heterocycles. The highest BCUT2D eigenvalue weighted by molar-refractivity contribution is 14.1. The van der Waals surface area contributed by atoms with Gasteiger partial charge in [0, 0.05) is 15.2 Å². The molecule has 0 saturated carbocycles. The van der Waals surface area contributed by atoms with Crippen LogP contribution in [0.4, 0.5) is 0 Å². The number of nitrogens with one attached hydrogen (secondary N) is 1. The van der Waals surface area contributed by atoms with Crippen molar-refractivity contribution in [3.63, 3.8) is 0 Å². The van der Waals surface area contributed by atoms with Crippen molar-refractivity contribution in [2.24, 2.45) is 0 Å². The van der Waals surface area contributed by atoms with Crippen molar-refractivity contribution in [3.05, 3.63) is 69.3 Å². The largest absolute Gasteiger partial charge is 0.349 e. The van der Waals surface area contributed by atoms with Gasteiger partial charge in [0.25, 0.3) is 5.91 Å². The number of carbonyl (C=O) groups excluding carboxylic acids is 1. The first kappa shape index (κ1) is 14.1. The molecule has 2 aromatic carbocycles. The molecule has 2 rings (SSSR count). The minimum atomic E-state index is -0.0140. The third kappa shape index (κ3) is 4.35. The average molecular weight is 365 g/mol. The Morgan fingerprint density at radius 2 is 1.74 bits per heavy atom. The van der Waals surface area contributed by atoms with E-state index in [1.165, 1.54) is 5.56 Å². The van der Waals surface area contributed by atoms with Crippen LogP contribution in [0.1, 0.15) is 22.8 Å². The monoisotopic (exact) mass is 365 g/mol. The zero-order valence-electron chi connectivity index (χ0n) is 10.8. The minimum absolute atomic E-state index is 0.0140. The molecule has 0 saturated heterocycles. The molecule has 1 atom stereocenters. The fourth-order valence-corrected chi connectivity index (χ4v) is 2.29. The Bertz CT molecular complexity index is 536. The molecule has 0 fully saturated rings. The zero-order chi connectivity index (χ0) is 13.7. The molecule has 2 nitrogen and oxygen atoms in total. The Kier molecular flexibility index (Phi) is 4.96. The van der Waals surface area contributed by atoms with Gasteiger partial charge in [-0.15, -0.1) is 0 Å². The second-order valence-corrected chi connectivity index (χ2v) is 5.82. The third-order valence-corrected chi connectivity index (χ3v) is 3.59. The van der Waals surface area contributed by atoms with Crippen molar-refractivity contribution in [2.45, 2.75) is 19.4 Å². The van der Waals surface area contributed by atoms with Crippen LogP contribution in [0.25, 0.3) is 0 Å². The molecule has 0 bridgehead atoms. The smallest absolute Gasteiger partial charge is 0.251 e. The molecule has 1 amide bonds. The highest BCUT2D eigenvalue weighted by atomic mass is 127. The summed E-state index contributed by atoms with van der Waals surface area (Å²) >= 11 is 2.23. The quantitative estimate of drug-likeness (QED) is 0.824. The maximum absolute atomic E-state index is 12.0. The summed E-state index contributed by atoms with van der Waals surface area (Å²) in [4.78, 5) is 12.0. The molecular weight excluding hydrogens is 349 g/mol. The second kappa shape index (κ2) is 6.70. The average Bonchev–Trinajstić information content (AvgIpc) is 2.40. The molecule has 98 valence electrons. The van der Waals surface area contributed by atoms with Gasteiger partial charge in [0.15, 0.2) is 0 Å². The van der Waals surface area contributed by atoms with E-state index in [9.17, 15) is 4.79 Å². The molecule has 3 heteroatoms. The number of halogens is 1. The summed E-state index contributed by atoms with van der Waals surface area (Å²) in [6.07, 6.45) is 0.844. The molecule has 0 radical (unpaired) electrons. The van der Waals surface area contributed by atoms with Gasteiger partial charge in [-0.3, -0.25) is 4.79 Å². The van der Waals surface area contributed by atoms with Crippen LogP contribution in [0.15, 0.2) is 54.6 Å². The second-order valence-electron chi connectivity index (χ2n) is 4.57. The lowest BCUT2D eigenvalue weighted by Gasteiger charge is -2.14. The van der Waals surface area contributed by atoms with Crippen LogP contribution < -0.4 is 5.32 Å². The number of hydrogen-bond acceptors (Lipinski definition) is 1. The Balaban J connectivity index is 1.93. The Morgan fingerprint density at radius 3 is 2.37 bits per heavy atom. The van der Waals surface area contributed by atoms with Crippen LogP contribution in [0.3, 0.4) is 0 Å². The molecule has 0 aliphatic carbocycles. The normalized spacial score (nSPS) is 11.9. The van der Waals surface area contributed by atoms with E-state index in [1.807, 2.05) is 49.4 Å². The molecule has 1 N–H and O–H groups in total. The highest BCUT2D eigenvalue weighted by Gasteiger charge is 2.09. The van der Waals surface area contributed by atoms with Crippen molar-refractivity contribution in [1.29, 1.82) is 0 Å². The van der Waals surface area contributed by atoms with Gasteiger partial charge in [0.2, 0.25) is 0 Å². The van der Waals surface area contributed by atoms with Crippen molar-refractivity contribution in [3.8, 4) is 0 Å². The van der Waals surface area contributed by atoms with E-state index in [0.29, 0.717) is 5.56 Å². The molecule has 0 aliphatic rings. The van der Waals surface area contributed by atoms with Crippen LogP contribution in [-0.2, 0) is 6.42 Å². The highest BCUT2D eigenvalue weighted by Crippen LogP contribution is 2.08. The van der Waals surface area contributed by atoms with E-state index < -0.39 is 0 Å². The Morgan fingerprint density at radius 1 is 1.11 bits per heavy atom. The Labute approximate surface area is 127 Å². The minimum Gasteiger partial charge on any atom is -0.349 e. The number of benzene rings is 2. The van der Waals surface area contributed by atoms with Crippen molar-refractivity contribution < 1.29 is 4.79 Å². The van der Waals surface area contributed by atoms with E-state index in [1.54, 1.807) is 0 Å². The third-order valence-electron chi connectivity index (χ3n) is 2.87. The fraction of sp³-hybridized carbons (Fsp3) is 0.188. The van der Waals surface area contributed by atoms with Gasteiger partial charge < -0.3 is 5.32 Å². The van der Waals surface area contributed by atoms with Crippen molar-refractivity contribution in [1.82, 2.24) is 5.32 Å². The van der Waals surface area contributed by atoms with E-state index in [4.69, 9.17) is 0 Å². The number of hydrogen-bond donors (Lipinski definition) is 1. The first-order valence-electron chi connectivity index (χ1n) is 6.25. The predicted molar refractivity (Wildman–Crippen MR) is 86.2 cm³/mol. The molecule has 0 spiro atoms. The summed E-state index contributed by atoms with van der Waals surface area (Å²) < 4.78 is 1.13. The topological polar surface area (TPSA) is 29.1 Å². The van der Waals surface area contributed by atoms with Crippen LogP contribution in [0, 0.1) is 3.57 Å². The fourth-order valence-electron chi connectivity index (χ4n) is 1.93. The zero-order valence-corrected chi connectivity index (χ0v) is 12.9. The van der Waals surface area contributed by atoms with E-state index >= 15 is 0 Å². The van der Waals surface area contributed by atoms with Gasteiger partial charge in [-0.1, -0.05) is 30.3 Å². The summed E-state index contributed by atoms with van der Waals surface area (Å²) in [5.74, 6) is -0.0140. The SMILES string of the molecule is C[C@H](Cc1ccccc1)NC(=O)c1ccc(I)cc1. The van der Waals surface area contributed by atoms with Gasteiger partial charge in [-0.25, -0.2) is 0 Å². The summed E-state index contributed by atoms with van der Waals surface area (Å²) in [7, 11) is 0. The van der Waals surface area contributed by atoms with Crippen LogP contribution in [0.5, 0.6) is 0 Å². The first-order valence-corrected chi connectivity index (χ1v) is 7.33. The van der Waals surface area contributed by atoms with Crippen LogP contribution in [0.2, 0.25) is 0 Å². The molecule has 0 unspecified atom stereocenters. The number of carbonyl (C=O) groups is 1. The van der Waals surface area contributed by atoms with Gasteiger partial charge in [0.05, 0.1) is 0 Å². The molecule has 0 aliphatic heterocycles. The summed E-state index contributed by atoms with van der Waals surface area (Å²) in [6.45, 7) is 2.03. The molecular formula is C16H16INO. The molecule has 0 aromatic heterocycles. The van der Waals surface area contributed by atoms with E-state index in [0.717, 1.165) is 9.99 Å². The van der Waals surface area contributed by atoms with Crippen molar-refractivity contribution in [2.75, 3.05) is 0 Å². The Hall–Kier alpha value is -1.36. The van der Waals surface area contributed by atoms with Crippen LogP contribution >= 0.6 is 22.6 Å². The maximum atomic E-state index is 12.0. The maximum Gasteiger partial charge on any atom is 0.251 e. The van der Waals surface area contributed by atoms with Gasteiger partial charge in [0.1, 0.15) is 0 Å². The van der Waals surface area contributed by atoms with Crippen LogP contribution in [-0.4, -0.2) is 11.9 Å². The summed E-state index contributed by atoms with van der Waals surface area (Å²) in [5.41, 5.74) is 1.94. The van der Waals surface area contributed by atoms with E-state index in [-0.39, 0.29) is 11.9 Å². The number of rotatable bonds is 4. The number of amides is 1. The lowest BCUT2D eigenvalue weighted by atomic mass is 10.1. The predicted octanol–water partition coefficient (Wildman–Crippen LogP) is 3.65. The first-order chi connectivity index (χ1) is 9.15. The van der Waals surface area contributed by atoms with Crippen molar-refractivity contribution >= 4 is 28.5 Å². The molecule has 19 heavy (non-hydrogen) atoms.